The van der Waals surface area contributed by atoms with Gasteiger partial charge in [0.2, 0.25) is 0 Å². The Hall–Kier alpha value is -1.75. The van der Waals surface area contributed by atoms with Crippen molar-refractivity contribution in [2.45, 2.75) is 19.3 Å². The minimum Gasteiger partial charge on any atom is -0.465 e. The molecular weight excluding hydrogens is 256 g/mol. The lowest BCUT2D eigenvalue weighted by Crippen LogP contribution is -2.18. The SMILES string of the molecule is COCCC1(CNc2cc(C(=O)OC)ccc2N)CC1. The maximum Gasteiger partial charge on any atom is 0.337 e. The number of esters is 1. The molecule has 3 N–H and O–H groups in total. The summed E-state index contributed by atoms with van der Waals surface area (Å²) in [5.41, 5.74) is 8.20. The predicted octanol–water partition coefficient (Wildman–Crippen LogP) is 2.28. The number of benzene rings is 1. The number of ether oxygens (including phenoxy) is 2. The van der Waals surface area contributed by atoms with Crippen molar-refractivity contribution in [3.05, 3.63) is 23.8 Å². The van der Waals surface area contributed by atoms with E-state index in [0.717, 1.165) is 25.3 Å². The molecule has 0 aliphatic heterocycles. The molecule has 0 spiro atoms. The first-order valence-corrected chi connectivity index (χ1v) is 6.81. The quantitative estimate of drug-likeness (QED) is 0.591. The van der Waals surface area contributed by atoms with E-state index in [0.29, 0.717) is 16.7 Å². The van der Waals surface area contributed by atoms with Crippen LogP contribution in [0.5, 0.6) is 0 Å². The summed E-state index contributed by atoms with van der Waals surface area (Å²) in [5.74, 6) is -0.353. The lowest BCUT2D eigenvalue weighted by molar-refractivity contribution is 0.0601. The summed E-state index contributed by atoms with van der Waals surface area (Å²) in [7, 11) is 3.09. The summed E-state index contributed by atoms with van der Waals surface area (Å²) in [6, 6.07) is 5.14. The van der Waals surface area contributed by atoms with Crippen molar-refractivity contribution in [1.29, 1.82) is 0 Å². The molecule has 0 radical (unpaired) electrons. The van der Waals surface area contributed by atoms with Gasteiger partial charge >= 0.3 is 5.97 Å². The molecule has 0 bridgehead atoms. The number of nitrogens with two attached hydrogens (primary N) is 1. The number of hydrogen-bond donors (Lipinski definition) is 2. The lowest BCUT2D eigenvalue weighted by atomic mass is 10.0. The molecule has 1 aromatic rings. The largest absolute Gasteiger partial charge is 0.465 e. The molecule has 20 heavy (non-hydrogen) atoms. The molecule has 0 amide bonds. The van der Waals surface area contributed by atoms with E-state index in [9.17, 15) is 4.79 Å². The van der Waals surface area contributed by atoms with Gasteiger partial charge in [0.05, 0.1) is 24.0 Å². The molecular formula is C15H22N2O3. The molecule has 0 atom stereocenters. The number of nitrogen functional groups attached to an aromatic ring is 1. The molecule has 5 heteroatoms. The van der Waals surface area contributed by atoms with Crippen LogP contribution in [-0.4, -0.2) is 33.3 Å². The number of methoxy groups -OCH3 is 2. The van der Waals surface area contributed by atoms with Crippen molar-refractivity contribution in [3.63, 3.8) is 0 Å². The highest BCUT2D eigenvalue weighted by Crippen LogP contribution is 2.48. The number of hydrogen-bond acceptors (Lipinski definition) is 5. The Morgan fingerprint density at radius 1 is 1.40 bits per heavy atom. The van der Waals surface area contributed by atoms with E-state index < -0.39 is 0 Å². The Morgan fingerprint density at radius 3 is 2.75 bits per heavy atom. The third kappa shape index (κ3) is 3.42. The van der Waals surface area contributed by atoms with E-state index in [2.05, 4.69) is 5.32 Å². The van der Waals surface area contributed by atoms with E-state index in [1.807, 2.05) is 0 Å². The predicted molar refractivity (Wildman–Crippen MR) is 78.8 cm³/mol. The standard InChI is InChI=1S/C15H22N2O3/c1-19-8-7-15(5-6-15)10-17-13-9-11(14(18)20-2)3-4-12(13)16/h3-4,9,17H,5-8,10,16H2,1-2H3. The second-order valence-electron chi connectivity index (χ2n) is 5.39. The van der Waals surface area contributed by atoms with Crippen molar-refractivity contribution < 1.29 is 14.3 Å². The van der Waals surface area contributed by atoms with Gasteiger partial charge in [0, 0.05) is 20.3 Å². The summed E-state index contributed by atoms with van der Waals surface area (Å²) in [6.45, 7) is 1.63. The van der Waals surface area contributed by atoms with Crippen molar-refractivity contribution in [3.8, 4) is 0 Å². The van der Waals surface area contributed by atoms with Crippen LogP contribution in [-0.2, 0) is 9.47 Å². The fourth-order valence-corrected chi connectivity index (χ4v) is 2.25. The van der Waals surface area contributed by atoms with Gasteiger partial charge in [-0.3, -0.25) is 0 Å². The molecule has 2 rings (SSSR count). The van der Waals surface area contributed by atoms with Gasteiger partial charge in [0.1, 0.15) is 0 Å². The molecule has 1 aliphatic rings. The summed E-state index contributed by atoms with van der Waals surface area (Å²) >= 11 is 0. The van der Waals surface area contributed by atoms with Gasteiger partial charge in [-0.2, -0.15) is 0 Å². The summed E-state index contributed by atoms with van der Waals surface area (Å²) in [5, 5.41) is 3.36. The topological polar surface area (TPSA) is 73.6 Å². The minimum absolute atomic E-state index is 0.323. The van der Waals surface area contributed by atoms with Crippen molar-refractivity contribution in [2.24, 2.45) is 5.41 Å². The van der Waals surface area contributed by atoms with E-state index >= 15 is 0 Å². The van der Waals surface area contributed by atoms with Crippen molar-refractivity contribution in [2.75, 3.05) is 38.4 Å². The molecule has 0 unspecified atom stereocenters. The molecule has 1 saturated carbocycles. The first kappa shape index (κ1) is 14.7. The summed E-state index contributed by atoms with van der Waals surface area (Å²) in [4.78, 5) is 11.5. The van der Waals surface area contributed by atoms with Crippen LogP contribution in [0.25, 0.3) is 0 Å². The fourth-order valence-electron chi connectivity index (χ4n) is 2.25. The third-order valence-electron chi connectivity index (χ3n) is 3.92. The number of carbonyl (C=O) groups is 1. The Labute approximate surface area is 119 Å². The van der Waals surface area contributed by atoms with Crippen molar-refractivity contribution in [1.82, 2.24) is 0 Å². The number of anilines is 2. The van der Waals surface area contributed by atoms with Crippen LogP contribution < -0.4 is 11.1 Å². The first-order chi connectivity index (χ1) is 9.60. The summed E-state index contributed by atoms with van der Waals surface area (Å²) in [6.07, 6.45) is 3.47. The van der Waals surface area contributed by atoms with Gasteiger partial charge in [-0.15, -0.1) is 0 Å². The fraction of sp³-hybridized carbons (Fsp3) is 0.533. The Bertz CT molecular complexity index is 484. The zero-order valence-electron chi connectivity index (χ0n) is 12.1. The zero-order chi connectivity index (χ0) is 14.6. The Balaban J connectivity index is 2.00. The maximum atomic E-state index is 11.5. The average molecular weight is 278 g/mol. The van der Waals surface area contributed by atoms with Gasteiger partial charge in [0.25, 0.3) is 0 Å². The number of nitrogens with one attached hydrogen (secondary N) is 1. The molecule has 0 saturated heterocycles. The third-order valence-corrected chi connectivity index (χ3v) is 3.92. The molecule has 110 valence electrons. The minimum atomic E-state index is -0.353. The van der Waals surface area contributed by atoms with E-state index in [-0.39, 0.29) is 5.97 Å². The first-order valence-electron chi connectivity index (χ1n) is 6.81. The maximum absolute atomic E-state index is 11.5. The molecule has 1 fully saturated rings. The van der Waals surface area contributed by atoms with Gasteiger partial charge in [-0.05, 0) is 42.9 Å². The van der Waals surface area contributed by atoms with E-state index in [1.165, 1.54) is 20.0 Å². The van der Waals surface area contributed by atoms with Crippen LogP contribution >= 0.6 is 0 Å². The number of rotatable bonds is 7. The zero-order valence-corrected chi connectivity index (χ0v) is 12.1. The molecule has 5 nitrogen and oxygen atoms in total. The highest BCUT2D eigenvalue weighted by atomic mass is 16.5. The Morgan fingerprint density at radius 2 is 2.15 bits per heavy atom. The smallest absolute Gasteiger partial charge is 0.337 e. The molecule has 1 aliphatic carbocycles. The van der Waals surface area contributed by atoms with Crippen LogP contribution in [0.4, 0.5) is 11.4 Å². The van der Waals surface area contributed by atoms with Crippen LogP contribution in [0.15, 0.2) is 18.2 Å². The molecule has 0 aromatic heterocycles. The number of carbonyl (C=O) groups excluding carboxylic acids is 1. The molecule has 0 heterocycles. The highest BCUT2D eigenvalue weighted by Gasteiger charge is 2.41. The monoisotopic (exact) mass is 278 g/mol. The van der Waals surface area contributed by atoms with Crippen LogP contribution in [0, 0.1) is 5.41 Å². The van der Waals surface area contributed by atoms with Gasteiger partial charge in [0.15, 0.2) is 0 Å². The highest BCUT2D eigenvalue weighted by molar-refractivity contribution is 5.91. The lowest BCUT2D eigenvalue weighted by Gasteiger charge is -2.17. The van der Waals surface area contributed by atoms with Crippen LogP contribution in [0.2, 0.25) is 0 Å². The normalized spacial score (nSPS) is 15.7. The van der Waals surface area contributed by atoms with E-state index in [4.69, 9.17) is 15.2 Å². The Kier molecular flexibility index (Phi) is 4.49. The van der Waals surface area contributed by atoms with E-state index in [1.54, 1.807) is 25.3 Å². The van der Waals surface area contributed by atoms with Gasteiger partial charge < -0.3 is 20.5 Å². The summed E-state index contributed by atoms with van der Waals surface area (Å²) < 4.78 is 9.86. The van der Waals surface area contributed by atoms with Crippen molar-refractivity contribution >= 4 is 17.3 Å². The van der Waals surface area contributed by atoms with Gasteiger partial charge in [-0.25, -0.2) is 4.79 Å². The second kappa shape index (κ2) is 6.13. The second-order valence-corrected chi connectivity index (χ2v) is 5.39. The van der Waals surface area contributed by atoms with Crippen LogP contribution in [0.3, 0.4) is 0 Å². The van der Waals surface area contributed by atoms with Crippen LogP contribution in [0.1, 0.15) is 29.6 Å². The van der Waals surface area contributed by atoms with Gasteiger partial charge in [-0.1, -0.05) is 0 Å². The average Bonchev–Trinajstić information content (AvgIpc) is 3.24. The molecule has 1 aromatic carbocycles.